The van der Waals surface area contributed by atoms with Gasteiger partial charge in [-0.3, -0.25) is 0 Å². The molecule has 0 saturated heterocycles. The highest BCUT2D eigenvalue weighted by atomic mass is 19.4. The van der Waals surface area contributed by atoms with Crippen LogP contribution in [-0.4, -0.2) is 6.04 Å². The number of hydrogen-bond donors (Lipinski definition) is 1. The molecule has 2 fully saturated rings. The van der Waals surface area contributed by atoms with Gasteiger partial charge in [-0.15, -0.1) is 0 Å². The van der Waals surface area contributed by atoms with Gasteiger partial charge in [-0.25, -0.2) is 0 Å². The molecule has 2 atom stereocenters. The van der Waals surface area contributed by atoms with Crippen LogP contribution in [0.1, 0.15) is 49.7 Å². The zero-order valence-corrected chi connectivity index (χ0v) is 12.1. The second kappa shape index (κ2) is 5.99. The van der Waals surface area contributed by atoms with Gasteiger partial charge in [-0.05, 0) is 49.1 Å². The molecule has 21 heavy (non-hydrogen) atoms. The Labute approximate surface area is 123 Å². The largest absolute Gasteiger partial charge is 0.416 e. The number of nitrogens with one attached hydrogen (secondary N) is 1. The van der Waals surface area contributed by atoms with E-state index in [4.69, 9.17) is 0 Å². The van der Waals surface area contributed by atoms with Gasteiger partial charge in [0.1, 0.15) is 0 Å². The molecule has 2 saturated carbocycles. The van der Waals surface area contributed by atoms with Crippen LogP contribution in [0, 0.1) is 11.8 Å². The van der Waals surface area contributed by atoms with Crippen LogP contribution in [0.25, 0.3) is 0 Å². The SMILES string of the molecule is FC(F)(F)c1ccccc1CNC1CCCC(C2CC2)C1. The Kier molecular flexibility index (Phi) is 4.25. The quantitative estimate of drug-likeness (QED) is 0.844. The maximum absolute atomic E-state index is 13.0. The van der Waals surface area contributed by atoms with Gasteiger partial charge in [0.25, 0.3) is 0 Å². The smallest absolute Gasteiger partial charge is 0.310 e. The van der Waals surface area contributed by atoms with E-state index >= 15 is 0 Å². The zero-order valence-electron chi connectivity index (χ0n) is 12.1. The van der Waals surface area contributed by atoms with E-state index in [9.17, 15) is 13.2 Å². The molecule has 2 aliphatic rings. The Morgan fingerprint density at radius 1 is 1.00 bits per heavy atom. The summed E-state index contributed by atoms with van der Waals surface area (Å²) < 4.78 is 38.9. The second-order valence-corrected chi connectivity index (χ2v) is 6.50. The third-order valence-corrected chi connectivity index (χ3v) is 4.91. The number of benzene rings is 1. The van der Waals surface area contributed by atoms with Gasteiger partial charge >= 0.3 is 6.18 Å². The molecule has 3 rings (SSSR count). The lowest BCUT2D eigenvalue weighted by atomic mass is 9.82. The van der Waals surface area contributed by atoms with Crippen LogP contribution in [0.2, 0.25) is 0 Å². The van der Waals surface area contributed by atoms with E-state index in [1.807, 2.05) is 0 Å². The minimum absolute atomic E-state index is 0.317. The van der Waals surface area contributed by atoms with Crippen molar-refractivity contribution >= 4 is 0 Å². The first-order chi connectivity index (χ1) is 10.0. The Balaban J connectivity index is 1.60. The average Bonchev–Trinajstić information content (AvgIpc) is 3.29. The summed E-state index contributed by atoms with van der Waals surface area (Å²) in [6.45, 7) is 0.317. The van der Waals surface area contributed by atoms with Crippen LogP contribution in [0.5, 0.6) is 0 Å². The molecule has 0 spiro atoms. The van der Waals surface area contributed by atoms with Crippen molar-refractivity contribution < 1.29 is 13.2 Å². The van der Waals surface area contributed by atoms with Gasteiger partial charge in [0.2, 0.25) is 0 Å². The van der Waals surface area contributed by atoms with E-state index < -0.39 is 11.7 Å². The fourth-order valence-corrected chi connectivity index (χ4v) is 3.61. The first kappa shape index (κ1) is 14.9. The average molecular weight is 297 g/mol. The first-order valence-electron chi connectivity index (χ1n) is 7.92. The molecular formula is C17H22F3N. The molecular weight excluding hydrogens is 275 g/mol. The van der Waals surface area contributed by atoms with Gasteiger partial charge in [-0.1, -0.05) is 31.0 Å². The van der Waals surface area contributed by atoms with Gasteiger partial charge in [0.15, 0.2) is 0 Å². The standard InChI is InChI=1S/C17H22F3N/c18-17(19,20)16-7-2-1-4-14(16)11-21-15-6-3-5-13(10-15)12-8-9-12/h1-2,4,7,12-13,15,21H,3,5-6,8-11H2. The van der Waals surface area contributed by atoms with Gasteiger partial charge in [0.05, 0.1) is 5.56 Å². The molecule has 0 aliphatic heterocycles. The maximum Gasteiger partial charge on any atom is 0.416 e. The van der Waals surface area contributed by atoms with Crippen LogP contribution >= 0.6 is 0 Å². The molecule has 116 valence electrons. The minimum Gasteiger partial charge on any atom is -0.310 e. The second-order valence-electron chi connectivity index (χ2n) is 6.50. The van der Waals surface area contributed by atoms with Crippen molar-refractivity contribution in [2.75, 3.05) is 0 Å². The minimum atomic E-state index is -4.26. The van der Waals surface area contributed by atoms with Crippen LogP contribution in [0.4, 0.5) is 13.2 Å². The predicted molar refractivity (Wildman–Crippen MR) is 76.8 cm³/mol. The number of halogens is 3. The lowest BCUT2D eigenvalue weighted by Gasteiger charge is -2.30. The van der Waals surface area contributed by atoms with Crippen molar-refractivity contribution in [3.63, 3.8) is 0 Å². The summed E-state index contributed by atoms with van der Waals surface area (Å²) in [5, 5.41) is 3.36. The summed E-state index contributed by atoms with van der Waals surface area (Å²) in [5.41, 5.74) is -0.148. The molecule has 2 unspecified atom stereocenters. The fourth-order valence-electron chi connectivity index (χ4n) is 3.61. The summed E-state index contributed by atoms with van der Waals surface area (Å²) in [6.07, 6.45) is 3.20. The highest BCUT2D eigenvalue weighted by Crippen LogP contribution is 2.44. The molecule has 1 aromatic carbocycles. The van der Waals surface area contributed by atoms with E-state index in [2.05, 4.69) is 5.32 Å². The van der Waals surface area contributed by atoms with Crippen molar-refractivity contribution in [1.82, 2.24) is 5.32 Å². The first-order valence-corrected chi connectivity index (χ1v) is 7.92. The molecule has 0 amide bonds. The van der Waals surface area contributed by atoms with Crippen LogP contribution in [-0.2, 0) is 12.7 Å². The fraction of sp³-hybridized carbons (Fsp3) is 0.647. The normalized spacial score (nSPS) is 26.8. The van der Waals surface area contributed by atoms with Crippen molar-refractivity contribution in [1.29, 1.82) is 0 Å². The molecule has 0 bridgehead atoms. The van der Waals surface area contributed by atoms with Crippen LogP contribution < -0.4 is 5.32 Å². The van der Waals surface area contributed by atoms with Crippen molar-refractivity contribution in [2.45, 2.75) is 57.3 Å². The third-order valence-electron chi connectivity index (χ3n) is 4.91. The van der Waals surface area contributed by atoms with Crippen molar-refractivity contribution in [3.05, 3.63) is 35.4 Å². The van der Waals surface area contributed by atoms with E-state index in [1.165, 1.54) is 37.8 Å². The topological polar surface area (TPSA) is 12.0 Å². The van der Waals surface area contributed by atoms with Crippen LogP contribution in [0.15, 0.2) is 24.3 Å². The Morgan fingerprint density at radius 2 is 1.76 bits per heavy atom. The Bertz CT molecular complexity index is 479. The van der Waals surface area contributed by atoms with Gasteiger partial charge in [-0.2, -0.15) is 13.2 Å². The van der Waals surface area contributed by atoms with Crippen molar-refractivity contribution in [2.24, 2.45) is 11.8 Å². The number of hydrogen-bond acceptors (Lipinski definition) is 1. The molecule has 1 N–H and O–H groups in total. The van der Waals surface area contributed by atoms with E-state index in [-0.39, 0.29) is 0 Å². The molecule has 1 nitrogen and oxygen atoms in total. The van der Waals surface area contributed by atoms with Crippen molar-refractivity contribution in [3.8, 4) is 0 Å². The molecule has 2 aliphatic carbocycles. The lowest BCUT2D eigenvalue weighted by molar-refractivity contribution is -0.138. The summed E-state index contributed by atoms with van der Waals surface area (Å²) in [7, 11) is 0. The lowest BCUT2D eigenvalue weighted by Crippen LogP contribution is -2.34. The predicted octanol–water partition coefficient (Wildman–Crippen LogP) is 4.76. The van der Waals surface area contributed by atoms with E-state index in [1.54, 1.807) is 12.1 Å². The monoisotopic (exact) mass is 297 g/mol. The summed E-state index contributed by atoms with van der Waals surface area (Å²) in [6, 6.07) is 6.27. The van der Waals surface area contributed by atoms with Gasteiger partial charge < -0.3 is 5.32 Å². The van der Waals surface area contributed by atoms with Crippen LogP contribution in [0.3, 0.4) is 0 Å². The Morgan fingerprint density at radius 3 is 2.48 bits per heavy atom. The molecule has 1 aromatic rings. The number of rotatable bonds is 4. The van der Waals surface area contributed by atoms with E-state index in [0.29, 0.717) is 18.2 Å². The number of alkyl halides is 3. The maximum atomic E-state index is 13.0. The van der Waals surface area contributed by atoms with E-state index in [0.717, 1.165) is 24.7 Å². The highest BCUT2D eigenvalue weighted by molar-refractivity contribution is 5.29. The van der Waals surface area contributed by atoms with Gasteiger partial charge in [0, 0.05) is 12.6 Å². The third kappa shape index (κ3) is 3.79. The molecule has 0 heterocycles. The zero-order chi connectivity index (χ0) is 14.9. The summed E-state index contributed by atoms with van der Waals surface area (Å²) in [4.78, 5) is 0. The molecule has 4 heteroatoms. The summed E-state index contributed by atoms with van der Waals surface area (Å²) >= 11 is 0. The highest BCUT2D eigenvalue weighted by Gasteiger charge is 2.35. The Hall–Kier alpha value is -1.03. The summed E-state index contributed by atoms with van der Waals surface area (Å²) in [5.74, 6) is 1.70. The molecule has 0 radical (unpaired) electrons. The molecule has 0 aromatic heterocycles.